The van der Waals surface area contributed by atoms with Crippen LogP contribution in [0.3, 0.4) is 0 Å². The zero-order chi connectivity index (χ0) is 17.2. The molecule has 0 saturated carbocycles. The first-order chi connectivity index (χ1) is 11.4. The highest BCUT2D eigenvalue weighted by Crippen LogP contribution is 2.29. The molecule has 5 nitrogen and oxygen atoms in total. The van der Waals surface area contributed by atoms with Crippen molar-refractivity contribution in [1.29, 1.82) is 0 Å². The van der Waals surface area contributed by atoms with E-state index in [1.54, 1.807) is 11.0 Å². The number of carbonyl (C=O) groups excluding carboxylic acids is 1. The van der Waals surface area contributed by atoms with Crippen molar-refractivity contribution in [2.75, 3.05) is 19.8 Å². The lowest BCUT2D eigenvalue weighted by Crippen LogP contribution is -2.51. The summed E-state index contributed by atoms with van der Waals surface area (Å²) < 4.78 is 46.1. The van der Waals surface area contributed by atoms with E-state index in [2.05, 4.69) is 10.1 Å². The van der Waals surface area contributed by atoms with Gasteiger partial charge in [-0.3, -0.25) is 0 Å². The van der Waals surface area contributed by atoms with Gasteiger partial charge in [0.2, 0.25) is 0 Å². The Morgan fingerprint density at radius 3 is 3.00 bits per heavy atom. The molecule has 0 aromatic heterocycles. The number of rotatable bonds is 3. The average molecular weight is 344 g/mol. The highest BCUT2D eigenvalue weighted by Gasteiger charge is 2.38. The number of amides is 2. The SMILES string of the molecule is O=C(NCc1cccc(OC(F)(F)F)c1)N1CCC[C@@H]2COC[C@@H]21. The van der Waals surface area contributed by atoms with Gasteiger partial charge in [0, 0.05) is 19.0 Å². The normalized spacial score (nSPS) is 23.7. The van der Waals surface area contributed by atoms with Crippen molar-refractivity contribution >= 4 is 6.03 Å². The number of hydrogen-bond acceptors (Lipinski definition) is 3. The number of fused-ring (bicyclic) bond motifs is 1. The Hall–Kier alpha value is -1.96. The van der Waals surface area contributed by atoms with E-state index in [1.165, 1.54) is 18.2 Å². The fourth-order valence-corrected chi connectivity index (χ4v) is 3.28. The summed E-state index contributed by atoms with van der Waals surface area (Å²) in [7, 11) is 0. The average Bonchev–Trinajstić information content (AvgIpc) is 2.99. The van der Waals surface area contributed by atoms with Gasteiger partial charge in [-0.25, -0.2) is 4.79 Å². The summed E-state index contributed by atoms with van der Waals surface area (Å²) in [4.78, 5) is 14.2. The van der Waals surface area contributed by atoms with E-state index < -0.39 is 6.36 Å². The maximum absolute atomic E-state index is 12.4. The standard InChI is InChI=1S/C16H19F3N2O3/c17-16(18,19)24-13-5-1-3-11(7-13)8-20-15(22)21-6-2-4-12-9-23-10-14(12)21/h1,3,5,7,12,14H,2,4,6,8-10H2,(H,20,22)/t12-,14+/m1/s1. The van der Waals surface area contributed by atoms with Gasteiger partial charge in [-0.15, -0.1) is 13.2 Å². The number of alkyl halides is 3. The Labute approximate surface area is 137 Å². The molecule has 2 heterocycles. The van der Waals surface area contributed by atoms with Gasteiger partial charge in [0.1, 0.15) is 5.75 Å². The Morgan fingerprint density at radius 1 is 1.38 bits per heavy atom. The van der Waals surface area contributed by atoms with Gasteiger partial charge in [-0.05, 0) is 30.5 Å². The number of carbonyl (C=O) groups is 1. The second-order valence-corrected chi connectivity index (χ2v) is 6.05. The molecule has 2 fully saturated rings. The highest BCUT2D eigenvalue weighted by atomic mass is 19.4. The second-order valence-electron chi connectivity index (χ2n) is 6.05. The van der Waals surface area contributed by atoms with E-state index in [0.29, 0.717) is 31.2 Å². The van der Waals surface area contributed by atoms with E-state index in [0.717, 1.165) is 12.8 Å². The first kappa shape index (κ1) is 16.9. The van der Waals surface area contributed by atoms with E-state index in [9.17, 15) is 18.0 Å². The maximum Gasteiger partial charge on any atom is 0.573 e. The minimum atomic E-state index is -4.73. The molecule has 2 aliphatic rings. The molecule has 0 unspecified atom stereocenters. The van der Waals surface area contributed by atoms with E-state index >= 15 is 0 Å². The number of ether oxygens (including phenoxy) is 2. The van der Waals surface area contributed by atoms with E-state index in [1.807, 2.05) is 0 Å². The fourth-order valence-electron chi connectivity index (χ4n) is 3.28. The Bertz CT molecular complexity index is 594. The monoisotopic (exact) mass is 344 g/mol. The number of benzene rings is 1. The zero-order valence-corrected chi connectivity index (χ0v) is 13.0. The number of urea groups is 1. The summed E-state index contributed by atoms with van der Waals surface area (Å²) in [5.74, 6) is 0.0875. The predicted molar refractivity (Wildman–Crippen MR) is 79.4 cm³/mol. The van der Waals surface area contributed by atoms with Crippen molar-refractivity contribution in [1.82, 2.24) is 10.2 Å². The van der Waals surface area contributed by atoms with Gasteiger partial charge in [-0.1, -0.05) is 12.1 Å². The molecule has 8 heteroatoms. The molecular weight excluding hydrogens is 325 g/mol. The molecule has 0 bridgehead atoms. The molecule has 0 spiro atoms. The van der Waals surface area contributed by atoms with Crippen LogP contribution in [0.5, 0.6) is 5.75 Å². The first-order valence-corrected chi connectivity index (χ1v) is 7.89. The van der Waals surface area contributed by atoms with Crippen LogP contribution in [-0.2, 0) is 11.3 Å². The van der Waals surface area contributed by atoms with Crippen LogP contribution in [0.1, 0.15) is 18.4 Å². The lowest BCUT2D eigenvalue weighted by atomic mass is 9.92. The summed E-state index contributed by atoms with van der Waals surface area (Å²) in [5, 5.41) is 2.77. The molecule has 0 radical (unpaired) electrons. The molecule has 0 aliphatic carbocycles. The molecule has 24 heavy (non-hydrogen) atoms. The van der Waals surface area contributed by atoms with Crippen LogP contribution in [0.25, 0.3) is 0 Å². The summed E-state index contributed by atoms with van der Waals surface area (Å²) in [6.07, 6.45) is -2.73. The number of piperidine rings is 1. The summed E-state index contributed by atoms with van der Waals surface area (Å²) in [6.45, 7) is 2.05. The molecular formula is C16H19F3N2O3. The quantitative estimate of drug-likeness (QED) is 0.917. The van der Waals surface area contributed by atoms with Crippen molar-refractivity contribution in [3.05, 3.63) is 29.8 Å². The fraction of sp³-hybridized carbons (Fsp3) is 0.562. The predicted octanol–water partition coefficient (Wildman–Crippen LogP) is 2.91. The third-order valence-corrected chi connectivity index (χ3v) is 4.38. The lowest BCUT2D eigenvalue weighted by Gasteiger charge is -2.36. The maximum atomic E-state index is 12.4. The molecule has 1 aromatic carbocycles. The lowest BCUT2D eigenvalue weighted by molar-refractivity contribution is -0.274. The van der Waals surface area contributed by atoms with Crippen LogP contribution in [-0.4, -0.2) is 43.1 Å². The van der Waals surface area contributed by atoms with Crippen molar-refractivity contribution in [2.45, 2.75) is 31.8 Å². The highest BCUT2D eigenvalue weighted by molar-refractivity contribution is 5.74. The van der Waals surface area contributed by atoms with Crippen molar-refractivity contribution in [2.24, 2.45) is 5.92 Å². The van der Waals surface area contributed by atoms with Gasteiger partial charge in [0.05, 0.1) is 19.3 Å². The molecule has 2 amide bonds. The molecule has 3 rings (SSSR count). The topological polar surface area (TPSA) is 50.8 Å². The summed E-state index contributed by atoms with van der Waals surface area (Å²) in [5.41, 5.74) is 0.543. The third kappa shape index (κ3) is 4.11. The van der Waals surface area contributed by atoms with Crippen molar-refractivity contribution < 1.29 is 27.4 Å². The van der Waals surface area contributed by atoms with Gasteiger partial charge >= 0.3 is 12.4 Å². The molecule has 132 valence electrons. The number of nitrogens with one attached hydrogen (secondary N) is 1. The summed E-state index contributed by atoms with van der Waals surface area (Å²) in [6, 6.07) is 5.48. The van der Waals surface area contributed by atoms with Gasteiger partial charge < -0.3 is 19.7 Å². The molecule has 1 N–H and O–H groups in total. The number of hydrogen-bond donors (Lipinski definition) is 1. The van der Waals surface area contributed by atoms with E-state index in [4.69, 9.17) is 4.74 Å². The summed E-state index contributed by atoms with van der Waals surface area (Å²) >= 11 is 0. The van der Waals surface area contributed by atoms with Crippen LogP contribution in [0.2, 0.25) is 0 Å². The third-order valence-electron chi connectivity index (χ3n) is 4.38. The minimum absolute atomic E-state index is 0.0960. The first-order valence-electron chi connectivity index (χ1n) is 7.89. The molecule has 1 aromatic rings. The van der Waals surface area contributed by atoms with Crippen LogP contribution < -0.4 is 10.1 Å². The van der Waals surface area contributed by atoms with E-state index in [-0.39, 0.29) is 24.4 Å². The van der Waals surface area contributed by atoms with Crippen LogP contribution in [0.15, 0.2) is 24.3 Å². The van der Waals surface area contributed by atoms with Crippen LogP contribution in [0.4, 0.5) is 18.0 Å². The molecule has 2 aliphatic heterocycles. The number of halogens is 3. The molecule has 2 saturated heterocycles. The Balaban J connectivity index is 1.57. The van der Waals surface area contributed by atoms with Gasteiger partial charge in [0.15, 0.2) is 0 Å². The smallest absolute Gasteiger partial charge is 0.406 e. The van der Waals surface area contributed by atoms with Gasteiger partial charge in [0.25, 0.3) is 0 Å². The van der Waals surface area contributed by atoms with Crippen LogP contribution >= 0.6 is 0 Å². The Kier molecular flexibility index (Phi) is 4.84. The van der Waals surface area contributed by atoms with Crippen molar-refractivity contribution in [3.8, 4) is 5.75 Å². The Morgan fingerprint density at radius 2 is 2.21 bits per heavy atom. The van der Waals surface area contributed by atoms with Crippen LogP contribution in [0, 0.1) is 5.92 Å². The van der Waals surface area contributed by atoms with Gasteiger partial charge in [-0.2, -0.15) is 0 Å². The molecule has 2 atom stereocenters. The zero-order valence-electron chi connectivity index (χ0n) is 13.0. The largest absolute Gasteiger partial charge is 0.573 e. The number of likely N-dealkylation sites (tertiary alicyclic amines) is 1. The minimum Gasteiger partial charge on any atom is -0.406 e. The second kappa shape index (κ2) is 6.88. The number of nitrogens with zero attached hydrogens (tertiary/aromatic N) is 1. The van der Waals surface area contributed by atoms with Crippen molar-refractivity contribution in [3.63, 3.8) is 0 Å².